The van der Waals surface area contributed by atoms with Gasteiger partial charge in [0.25, 0.3) is 0 Å². The Morgan fingerprint density at radius 1 is 1.19 bits per heavy atom. The summed E-state index contributed by atoms with van der Waals surface area (Å²) in [5.41, 5.74) is 5.89. The fourth-order valence-corrected chi connectivity index (χ4v) is 2.22. The molecule has 1 aliphatic heterocycles. The Balaban J connectivity index is 2.45. The van der Waals surface area contributed by atoms with Crippen LogP contribution in [-0.4, -0.2) is 29.9 Å². The quantitative estimate of drug-likeness (QED) is 0.798. The van der Waals surface area contributed by atoms with E-state index in [9.17, 15) is 4.79 Å². The zero-order valence-corrected chi connectivity index (χ0v) is 11.1. The molecule has 0 saturated carbocycles. The molecule has 1 heterocycles. The average molecular weight is 226 g/mol. The molecule has 1 amide bonds. The number of hydrogen-bond donors (Lipinski definition) is 1. The van der Waals surface area contributed by atoms with Gasteiger partial charge in [-0.2, -0.15) is 0 Å². The number of nitrogens with zero attached hydrogens (tertiary/aromatic N) is 1. The minimum absolute atomic E-state index is 0.145. The number of nitrogens with two attached hydrogens (primary N) is 1. The Labute approximate surface area is 99.4 Å². The van der Waals surface area contributed by atoms with Crippen LogP contribution in [0.3, 0.4) is 0 Å². The molecule has 0 aromatic carbocycles. The molecule has 0 bridgehead atoms. The molecule has 1 saturated heterocycles. The van der Waals surface area contributed by atoms with Crippen molar-refractivity contribution in [3.05, 3.63) is 0 Å². The highest BCUT2D eigenvalue weighted by Crippen LogP contribution is 2.22. The Kier molecular flexibility index (Phi) is 4.78. The van der Waals surface area contributed by atoms with Crippen LogP contribution in [0.25, 0.3) is 0 Å². The molecule has 3 heteroatoms. The van der Waals surface area contributed by atoms with Gasteiger partial charge in [0.2, 0.25) is 5.91 Å². The van der Waals surface area contributed by atoms with Crippen LogP contribution >= 0.6 is 0 Å². The first-order chi connectivity index (χ1) is 7.43. The van der Waals surface area contributed by atoms with Gasteiger partial charge >= 0.3 is 0 Å². The molecule has 0 aromatic rings. The Morgan fingerprint density at radius 2 is 1.69 bits per heavy atom. The van der Waals surface area contributed by atoms with Crippen molar-refractivity contribution in [2.45, 2.75) is 46.6 Å². The summed E-state index contributed by atoms with van der Waals surface area (Å²) in [5.74, 6) is 1.49. The van der Waals surface area contributed by atoms with Gasteiger partial charge < -0.3 is 10.6 Å². The highest BCUT2D eigenvalue weighted by molar-refractivity contribution is 5.78. The summed E-state index contributed by atoms with van der Waals surface area (Å²) >= 11 is 0. The maximum atomic E-state index is 12.1. The highest BCUT2D eigenvalue weighted by Gasteiger charge is 2.28. The van der Waals surface area contributed by atoms with Gasteiger partial charge in [0, 0.05) is 25.0 Å². The maximum absolute atomic E-state index is 12.1. The van der Waals surface area contributed by atoms with Crippen LogP contribution in [0.5, 0.6) is 0 Å². The second-order valence-electron chi connectivity index (χ2n) is 5.55. The molecule has 2 unspecified atom stereocenters. The van der Waals surface area contributed by atoms with Crippen LogP contribution in [0.1, 0.15) is 40.5 Å². The van der Waals surface area contributed by atoms with Crippen molar-refractivity contribution < 1.29 is 4.79 Å². The largest absolute Gasteiger partial charge is 0.342 e. The molecule has 16 heavy (non-hydrogen) atoms. The lowest BCUT2D eigenvalue weighted by Gasteiger charge is -2.35. The Hall–Kier alpha value is -0.570. The van der Waals surface area contributed by atoms with E-state index < -0.39 is 0 Å². The summed E-state index contributed by atoms with van der Waals surface area (Å²) in [6, 6.07) is 0.264. The molecule has 3 nitrogen and oxygen atoms in total. The molecule has 0 spiro atoms. The minimum atomic E-state index is 0.145. The van der Waals surface area contributed by atoms with Gasteiger partial charge in [-0.05, 0) is 31.6 Å². The molecule has 94 valence electrons. The van der Waals surface area contributed by atoms with E-state index in [0.29, 0.717) is 17.7 Å². The third-order valence-corrected chi connectivity index (χ3v) is 3.98. The van der Waals surface area contributed by atoms with Gasteiger partial charge in [-0.3, -0.25) is 4.79 Å². The summed E-state index contributed by atoms with van der Waals surface area (Å²) < 4.78 is 0. The van der Waals surface area contributed by atoms with Crippen LogP contribution in [0.15, 0.2) is 0 Å². The zero-order valence-electron chi connectivity index (χ0n) is 11.1. The van der Waals surface area contributed by atoms with E-state index in [4.69, 9.17) is 5.73 Å². The monoisotopic (exact) mass is 226 g/mol. The highest BCUT2D eigenvalue weighted by atomic mass is 16.2. The number of carbonyl (C=O) groups is 1. The Bertz CT molecular complexity index is 230. The Morgan fingerprint density at radius 3 is 2.06 bits per heavy atom. The molecular formula is C13H26N2O. The van der Waals surface area contributed by atoms with Gasteiger partial charge in [-0.15, -0.1) is 0 Å². The van der Waals surface area contributed by atoms with Crippen LogP contribution in [0.2, 0.25) is 0 Å². The van der Waals surface area contributed by atoms with E-state index in [1.54, 1.807) is 0 Å². The molecule has 2 atom stereocenters. The molecule has 1 fully saturated rings. The van der Waals surface area contributed by atoms with Gasteiger partial charge in [0.1, 0.15) is 0 Å². The number of carbonyl (C=O) groups excluding carboxylic acids is 1. The molecule has 0 aromatic heterocycles. The van der Waals surface area contributed by atoms with Gasteiger partial charge in [0.05, 0.1) is 0 Å². The fraction of sp³-hybridized carbons (Fsp3) is 0.923. The standard InChI is InChI=1S/C13H26N2O/c1-9(2)10(3)13(16)15-7-5-12(6-8-15)11(4)14/h9-12H,5-8,14H2,1-4H3. The minimum Gasteiger partial charge on any atom is -0.342 e. The summed E-state index contributed by atoms with van der Waals surface area (Å²) in [6.45, 7) is 10.1. The van der Waals surface area contributed by atoms with E-state index in [2.05, 4.69) is 20.8 Å². The van der Waals surface area contributed by atoms with Crippen molar-refractivity contribution in [3.8, 4) is 0 Å². The number of hydrogen-bond acceptors (Lipinski definition) is 2. The van der Waals surface area contributed by atoms with E-state index >= 15 is 0 Å². The molecule has 1 aliphatic rings. The van der Waals surface area contributed by atoms with Crippen LogP contribution in [0, 0.1) is 17.8 Å². The molecule has 0 aliphatic carbocycles. The zero-order chi connectivity index (χ0) is 12.3. The lowest BCUT2D eigenvalue weighted by atomic mass is 9.89. The molecule has 0 radical (unpaired) electrons. The van der Waals surface area contributed by atoms with Gasteiger partial charge in [0.15, 0.2) is 0 Å². The summed E-state index contributed by atoms with van der Waals surface area (Å²) in [5, 5.41) is 0. The summed E-state index contributed by atoms with van der Waals surface area (Å²) in [7, 11) is 0. The van der Waals surface area contributed by atoms with E-state index in [1.165, 1.54) is 0 Å². The van der Waals surface area contributed by atoms with Crippen molar-refractivity contribution in [2.24, 2.45) is 23.5 Å². The second-order valence-corrected chi connectivity index (χ2v) is 5.55. The van der Waals surface area contributed by atoms with Crippen molar-refractivity contribution in [3.63, 3.8) is 0 Å². The van der Waals surface area contributed by atoms with E-state index in [1.807, 2.05) is 11.8 Å². The first kappa shape index (κ1) is 13.5. The molecular weight excluding hydrogens is 200 g/mol. The van der Waals surface area contributed by atoms with Crippen LogP contribution < -0.4 is 5.73 Å². The lowest BCUT2D eigenvalue weighted by Crippen LogP contribution is -2.45. The third-order valence-electron chi connectivity index (χ3n) is 3.98. The number of piperidine rings is 1. The molecule has 1 rings (SSSR count). The van der Waals surface area contributed by atoms with E-state index in [0.717, 1.165) is 25.9 Å². The van der Waals surface area contributed by atoms with Crippen LogP contribution in [0.4, 0.5) is 0 Å². The number of rotatable bonds is 3. The van der Waals surface area contributed by atoms with Gasteiger partial charge in [-0.1, -0.05) is 20.8 Å². The number of likely N-dealkylation sites (tertiary alicyclic amines) is 1. The average Bonchev–Trinajstić information content (AvgIpc) is 2.27. The number of amides is 1. The maximum Gasteiger partial charge on any atom is 0.225 e. The predicted molar refractivity (Wildman–Crippen MR) is 67.0 cm³/mol. The second kappa shape index (κ2) is 5.67. The summed E-state index contributed by atoms with van der Waals surface area (Å²) in [6.07, 6.45) is 2.13. The topological polar surface area (TPSA) is 46.3 Å². The smallest absolute Gasteiger partial charge is 0.225 e. The third kappa shape index (κ3) is 3.21. The summed E-state index contributed by atoms with van der Waals surface area (Å²) in [4.78, 5) is 14.1. The van der Waals surface area contributed by atoms with Crippen molar-refractivity contribution in [1.82, 2.24) is 4.90 Å². The lowest BCUT2D eigenvalue weighted by molar-refractivity contribution is -0.137. The van der Waals surface area contributed by atoms with Crippen molar-refractivity contribution in [2.75, 3.05) is 13.1 Å². The van der Waals surface area contributed by atoms with E-state index in [-0.39, 0.29) is 12.0 Å². The fourth-order valence-electron chi connectivity index (χ4n) is 2.22. The predicted octanol–water partition coefficient (Wildman–Crippen LogP) is 1.86. The van der Waals surface area contributed by atoms with Crippen LogP contribution in [-0.2, 0) is 4.79 Å². The first-order valence-corrected chi connectivity index (χ1v) is 6.47. The normalized spacial score (nSPS) is 22.2. The molecule has 2 N–H and O–H groups in total. The van der Waals surface area contributed by atoms with Crippen molar-refractivity contribution >= 4 is 5.91 Å². The SMILES string of the molecule is CC(C)C(C)C(=O)N1CCC(C(C)N)CC1. The van der Waals surface area contributed by atoms with Gasteiger partial charge in [-0.25, -0.2) is 0 Å². The van der Waals surface area contributed by atoms with Crippen molar-refractivity contribution in [1.29, 1.82) is 0 Å². The first-order valence-electron chi connectivity index (χ1n) is 6.47.